The number of methoxy groups -OCH3 is 1. The first-order valence-corrected chi connectivity index (χ1v) is 7.20. The first-order valence-electron chi connectivity index (χ1n) is 7.20. The van der Waals surface area contributed by atoms with E-state index in [9.17, 15) is 4.79 Å². The van der Waals surface area contributed by atoms with Gasteiger partial charge in [-0.1, -0.05) is 6.07 Å². The minimum Gasteiger partial charge on any atom is -0.497 e. The van der Waals surface area contributed by atoms with Crippen molar-refractivity contribution in [1.82, 2.24) is 15.0 Å². The molecule has 2 heterocycles. The first kappa shape index (κ1) is 15.4. The smallest absolute Gasteiger partial charge is 0.252 e. The van der Waals surface area contributed by atoms with E-state index in [2.05, 4.69) is 25.5 Å². The molecule has 0 aliphatic rings. The lowest BCUT2D eigenvalue weighted by molar-refractivity contribution is 0.415. The summed E-state index contributed by atoms with van der Waals surface area (Å²) in [6, 6.07) is 14.2. The molecule has 2 N–H and O–H groups in total. The van der Waals surface area contributed by atoms with Crippen LogP contribution in [0.3, 0.4) is 0 Å². The van der Waals surface area contributed by atoms with Crippen molar-refractivity contribution in [1.29, 1.82) is 0 Å². The second-order valence-electron chi connectivity index (χ2n) is 4.83. The van der Waals surface area contributed by atoms with Gasteiger partial charge in [0.2, 0.25) is 5.95 Å². The van der Waals surface area contributed by atoms with Crippen molar-refractivity contribution in [3.63, 3.8) is 0 Å². The predicted molar refractivity (Wildman–Crippen MR) is 92.3 cm³/mol. The van der Waals surface area contributed by atoms with Gasteiger partial charge in [-0.3, -0.25) is 14.8 Å². The van der Waals surface area contributed by atoms with Gasteiger partial charge >= 0.3 is 0 Å². The third-order valence-electron chi connectivity index (χ3n) is 3.18. The molecule has 0 unspecified atom stereocenters. The van der Waals surface area contributed by atoms with Gasteiger partial charge < -0.3 is 4.74 Å². The van der Waals surface area contributed by atoms with Gasteiger partial charge in [-0.2, -0.15) is 5.10 Å². The van der Waals surface area contributed by atoms with Crippen LogP contribution in [0, 0.1) is 0 Å². The van der Waals surface area contributed by atoms with Crippen LogP contribution >= 0.6 is 0 Å². The molecular weight excluding hydrogens is 306 g/mol. The molecule has 7 nitrogen and oxygen atoms in total. The molecule has 0 spiro atoms. The number of ether oxygens (including phenoxy) is 1. The van der Waals surface area contributed by atoms with Gasteiger partial charge in [0.05, 0.1) is 24.7 Å². The molecule has 3 aromatic rings. The fourth-order valence-electron chi connectivity index (χ4n) is 2.03. The largest absolute Gasteiger partial charge is 0.497 e. The summed E-state index contributed by atoms with van der Waals surface area (Å²) < 4.78 is 5.12. The standard InChI is InChI=1S/C17H15N5O2/c1-24-14-7-5-12(6-8-14)15-10-16(23)21-17(20-15)22-19-11-13-4-2-3-9-18-13/h2-11H,1H3,(H2,20,21,22,23)/b19-11-. The van der Waals surface area contributed by atoms with E-state index < -0.39 is 0 Å². The molecule has 0 amide bonds. The summed E-state index contributed by atoms with van der Waals surface area (Å²) >= 11 is 0. The number of nitrogens with one attached hydrogen (secondary N) is 2. The highest BCUT2D eigenvalue weighted by Crippen LogP contribution is 2.20. The van der Waals surface area contributed by atoms with E-state index in [-0.39, 0.29) is 11.5 Å². The van der Waals surface area contributed by atoms with Crippen molar-refractivity contribution in [2.45, 2.75) is 0 Å². The zero-order chi connectivity index (χ0) is 16.8. The molecule has 0 atom stereocenters. The number of anilines is 1. The SMILES string of the molecule is COc1ccc(-c2cc(=O)[nH]c(N/N=C\c3ccccn3)n2)cc1. The molecule has 0 fully saturated rings. The molecule has 0 bridgehead atoms. The number of aromatic nitrogens is 3. The summed E-state index contributed by atoms with van der Waals surface area (Å²) in [7, 11) is 1.60. The summed E-state index contributed by atoms with van der Waals surface area (Å²) in [4.78, 5) is 22.9. The van der Waals surface area contributed by atoms with E-state index in [0.717, 1.165) is 11.3 Å². The second-order valence-corrected chi connectivity index (χ2v) is 4.83. The van der Waals surface area contributed by atoms with Crippen LogP contribution in [0.1, 0.15) is 5.69 Å². The van der Waals surface area contributed by atoms with Gasteiger partial charge in [0.25, 0.3) is 5.56 Å². The van der Waals surface area contributed by atoms with Crippen molar-refractivity contribution in [3.8, 4) is 17.0 Å². The van der Waals surface area contributed by atoms with E-state index in [1.807, 2.05) is 42.5 Å². The summed E-state index contributed by atoms with van der Waals surface area (Å²) in [6.45, 7) is 0. The number of benzene rings is 1. The van der Waals surface area contributed by atoms with Crippen LogP contribution in [-0.2, 0) is 0 Å². The summed E-state index contributed by atoms with van der Waals surface area (Å²) in [5.41, 5.74) is 4.47. The average Bonchev–Trinajstić information content (AvgIpc) is 2.62. The fraction of sp³-hybridized carbons (Fsp3) is 0.0588. The third-order valence-corrected chi connectivity index (χ3v) is 3.18. The Bertz CT molecular complexity index is 889. The van der Waals surface area contributed by atoms with Crippen LogP contribution in [-0.4, -0.2) is 28.3 Å². The normalized spacial score (nSPS) is 10.7. The fourth-order valence-corrected chi connectivity index (χ4v) is 2.03. The van der Waals surface area contributed by atoms with E-state index >= 15 is 0 Å². The van der Waals surface area contributed by atoms with Gasteiger partial charge in [-0.15, -0.1) is 0 Å². The number of nitrogens with zero attached hydrogens (tertiary/aromatic N) is 3. The summed E-state index contributed by atoms with van der Waals surface area (Å²) in [5.74, 6) is 0.988. The van der Waals surface area contributed by atoms with Gasteiger partial charge in [-0.05, 0) is 36.4 Å². The molecule has 0 aliphatic heterocycles. The van der Waals surface area contributed by atoms with Crippen LogP contribution in [0.5, 0.6) is 5.75 Å². The molecule has 0 radical (unpaired) electrons. The molecule has 1 aromatic carbocycles. The number of hydrazone groups is 1. The Morgan fingerprint density at radius 3 is 2.75 bits per heavy atom. The van der Waals surface area contributed by atoms with Gasteiger partial charge in [0.15, 0.2) is 0 Å². The number of rotatable bonds is 5. The van der Waals surface area contributed by atoms with Crippen LogP contribution in [0.25, 0.3) is 11.3 Å². The number of hydrogen-bond acceptors (Lipinski definition) is 6. The molecule has 3 rings (SSSR count). The van der Waals surface area contributed by atoms with Crippen molar-refractivity contribution in [2.75, 3.05) is 12.5 Å². The molecule has 120 valence electrons. The van der Waals surface area contributed by atoms with Gasteiger partial charge in [0.1, 0.15) is 5.75 Å². The maximum absolute atomic E-state index is 11.8. The first-order chi connectivity index (χ1) is 11.7. The predicted octanol–water partition coefficient (Wildman–Crippen LogP) is 2.29. The Labute approximate surface area is 138 Å². The minimum atomic E-state index is -0.272. The van der Waals surface area contributed by atoms with Crippen LogP contribution < -0.4 is 15.7 Å². The topological polar surface area (TPSA) is 92.3 Å². The molecular formula is C17H15N5O2. The third kappa shape index (κ3) is 3.83. The Hall–Kier alpha value is -3.48. The summed E-state index contributed by atoms with van der Waals surface area (Å²) in [6.07, 6.45) is 3.21. The zero-order valence-electron chi connectivity index (χ0n) is 12.9. The summed E-state index contributed by atoms with van der Waals surface area (Å²) in [5, 5.41) is 4.02. The Kier molecular flexibility index (Phi) is 4.62. The van der Waals surface area contributed by atoms with Crippen molar-refractivity contribution >= 4 is 12.2 Å². The number of H-pyrrole nitrogens is 1. The highest BCUT2D eigenvalue weighted by atomic mass is 16.5. The molecule has 0 saturated carbocycles. The highest BCUT2D eigenvalue weighted by molar-refractivity contribution is 5.77. The van der Waals surface area contributed by atoms with E-state index in [0.29, 0.717) is 11.4 Å². The van der Waals surface area contributed by atoms with Crippen LogP contribution in [0.2, 0.25) is 0 Å². The Balaban J connectivity index is 1.80. The lowest BCUT2D eigenvalue weighted by atomic mass is 10.1. The van der Waals surface area contributed by atoms with E-state index in [4.69, 9.17) is 4.74 Å². The highest BCUT2D eigenvalue weighted by Gasteiger charge is 2.04. The maximum atomic E-state index is 11.8. The van der Waals surface area contributed by atoms with E-state index in [1.54, 1.807) is 19.5 Å². The Morgan fingerprint density at radius 1 is 1.21 bits per heavy atom. The van der Waals surface area contributed by atoms with Crippen molar-refractivity contribution in [3.05, 3.63) is 70.8 Å². The molecule has 0 aliphatic carbocycles. The number of aromatic amines is 1. The second kappa shape index (κ2) is 7.19. The molecule has 7 heteroatoms. The maximum Gasteiger partial charge on any atom is 0.252 e. The molecule has 24 heavy (non-hydrogen) atoms. The van der Waals surface area contributed by atoms with Crippen molar-refractivity contribution in [2.24, 2.45) is 5.10 Å². The number of hydrogen-bond donors (Lipinski definition) is 2. The van der Waals surface area contributed by atoms with Crippen molar-refractivity contribution < 1.29 is 4.74 Å². The number of pyridine rings is 1. The minimum absolute atomic E-state index is 0.250. The average molecular weight is 321 g/mol. The van der Waals surface area contributed by atoms with E-state index in [1.165, 1.54) is 6.07 Å². The lowest BCUT2D eigenvalue weighted by Crippen LogP contribution is -2.10. The van der Waals surface area contributed by atoms with Crippen LogP contribution in [0.15, 0.2) is 64.6 Å². The molecule has 0 saturated heterocycles. The quantitative estimate of drug-likeness (QED) is 0.555. The monoisotopic (exact) mass is 321 g/mol. The van der Waals surface area contributed by atoms with Gasteiger partial charge in [0, 0.05) is 17.8 Å². The zero-order valence-corrected chi connectivity index (χ0v) is 12.9. The van der Waals surface area contributed by atoms with Gasteiger partial charge in [-0.25, -0.2) is 10.4 Å². The Morgan fingerprint density at radius 2 is 2.04 bits per heavy atom. The molecule has 2 aromatic heterocycles. The van der Waals surface area contributed by atoms with Crippen LogP contribution in [0.4, 0.5) is 5.95 Å². The lowest BCUT2D eigenvalue weighted by Gasteiger charge is -2.05.